The van der Waals surface area contributed by atoms with Crippen LogP contribution in [0.4, 0.5) is 0 Å². The van der Waals surface area contributed by atoms with Crippen LogP contribution in [0.1, 0.15) is 19.4 Å². The average molecular weight is 327 g/mol. The van der Waals surface area contributed by atoms with Crippen LogP contribution in [0.5, 0.6) is 0 Å². The highest BCUT2D eigenvalue weighted by atomic mass is 79.9. The van der Waals surface area contributed by atoms with E-state index in [1.165, 1.54) is 13.8 Å². The Balaban J connectivity index is 2.43. The number of carbonyl (C=O) groups is 2. The molecule has 1 aromatic rings. The minimum Gasteiger partial charge on any atom is -0.506 e. The van der Waals surface area contributed by atoms with Gasteiger partial charge in [-0.2, -0.15) is 0 Å². The summed E-state index contributed by atoms with van der Waals surface area (Å²) in [4.78, 5) is 23.5. The van der Waals surface area contributed by atoms with Gasteiger partial charge in [-0.25, -0.2) is 9.59 Å². The molecule has 1 saturated heterocycles. The Labute approximate surface area is 118 Å². The van der Waals surface area contributed by atoms with Gasteiger partial charge in [0.15, 0.2) is 5.57 Å². The number of aliphatic hydroxyl groups excluding tert-OH is 1. The fraction of sp³-hybridized carbons (Fsp3) is 0.231. The highest BCUT2D eigenvalue weighted by Crippen LogP contribution is 2.27. The lowest BCUT2D eigenvalue weighted by atomic mass is 10.1. The maximum absolute atomic E-state index is 11.8. The molecule has 0 aliphatic carbocycles. The third kappa shape index (κ3) is 2.78. The Morgan fingerprint density at radius 1 is 1.11 bits per heavy atom. The molecule has 2 rings (SSSR count). The fourth-order valence-corrected chi connectivity index (χ4v) is 1.86. The summed E-state index contributed by atoms with van der Waals surface area (Å²) in [6.07, 6.45) is 0. The van der Waals surface area contributed by atoms with Crippen LogP contribution in [0.3, 0.4) is 0 Å². The molecule has 0 saturated carbocycles. The number of cyclic esters (lactones) is 2. The Morgan fingerprint density at radius 3 is 2.05 bits per heavy atom. The average Bonchev–Trinajstić information content (AvgIpc) is 2.26. The van der Waals surface area contributed by atoms with Crippen LogP contribution in [0.25, 0.3) is 5.76 Å². The van der Waals surface area contributed by atoms with Crippen molar-refractivity contribution in [1.82, 2.24) is 0 Å². The van der Waals surface area contributed by atoms with Gasteiger partial charge in [0.05, 0.1) is 0 Å². The Kier molecular flexibility index (Phi) is 3.36. The second kappa shape index (κ2) is 4.70. The van der Waals surface area contributed by atoms with E-state index in [2.05, 4.69) is 15.9 Å². The number of esters is 2. The van der Waals surface area contributed by atoms with Gasteiger partial charge >= 0.3 is 11.9 Å². The number of ether oxygens (including phenoxy) is 2. The van der Waals surface area contributed by atoms with E-state index in [0.29, 0.717) is 5.56 Å². The molecule has 6 heteroatoms. The molecule has 100 valence electrons. The minimum absolute atomic E-state index is 0.326. The van der Waals surface area contributed by atoms with Crippen molar-refractivity contribution in [3.8, 4) is 0 Å². The van der Waals surface area contributed by atoms with Gasteiger partial charge in [0.2, 0.25) is 0 Å². The Hall–Kier alpha value is -1.82. The molecule has 1 aromatic carbocycles. The molecule has 1 N–H and O–H groups in total. The van der Waals surface area contributed by atoms with E-state index in [0.717, 1.165) is 4.47 Å². The number of aliphatic hydroxyl groups is 1. The number of hydrogen-bond donors (Lipinski definition) is 1. The topological polar surface area (TPSA) is 72.8 Å². The van der Waals surface area contributed by atoms with Gasteiger partial charge in [0.25, 0.3) is 5.79 Å². The molecule has 0 bridgehead atoms. The summed E-state index contributed by atoms with van der Waals surface area (Å²) >= 11 is 3.25. The van der Waals surface area contributed by atoms with Gasteiger partial charge in [-0.05, 0) is 12.1 Å². The van der Waals surface area contributed by atoms with Crippen LogP contribution < -0.4 is 0 Å². The summed E-state index contributed by atoms with van der Waals surface area (Å²) in [5, 5.41) is 10.0. The van der Waals surface area contributed by atoms with Crippen LogP contribution in [0, 0.1) is 0 Å². The largest absolute Gasteiger partial charge is 0.506 e. The SMILES string of the molecule is CC1(C)OC(=O)C(=C(O)c2ccc(Br)cc2)C(=O)O1. The van der Waals surface area contributed by atoms with E-state index in [1.807, 2.05) is 0 Å². The molecule has 0 spiro atoms. The Morgan fingerprint density at radius 2 is 1.58 bits per heavy atom. The number of halogens is 1. The molecule has 1 heterocycles. The predicted octanol–water partition coefficient (Wildman–Crippen LogP) is 2.55. The highest BCUT2D eigenvalue weighted by Gasteiger charge is 2.41. The van der Waals surface area contributed by atoms with Crippen LogP contribution in [0.15, 0.2) is 34.3 Å². The molecule has 0 atom stereocenters. The first-order valence-corrected chi connectivity index (χ1v) is 6.25. The molecular weight excluding hydrogens is 316 g/mol. The molecule has 0 amide bonds. The van der Waals surface area contributed by atoms with E-state index in [4.69, 9.17) is 9.47 Å². The van der Waals surface area contributed by atoms with E-state index in [9.17, 15) is 14.7 Å². The monoisotopic (exact) mass is 326 g/mol. The molecular formula is C13H11BrO5. The molecule has 19 heavy (non-hydrogen) atoms. The maximum atomic E-state index is 11.8. The standard InChI is InChI=1S/C13H11BrO5/c1-13(2)18-11(16)9(12(17)19-13)10(15)7-3-5-8(14)6-4-7/h3-6,15H,1-2H3. The fourth-order valence-electron chi connectivity index (χ4n) is 1.60. The molecule has 5 nitrogen and oxygen atoms in total. The third-order valence-electron chi connectivity index (χ3n) is 2.44. The molecule has 0 unspecified atom stereocenters. The second-order valence-electron chi connectivity index (χ2n) is 4.41. The molecule has 1 aliphatic heterocycles. The predicted molar refractivity (Wildman–Crippen MR) is 70.0 cm³/mol. The van der Waals surface area contributed by atoms with Crippen LogP contribution in [0.2, 0.25) is 0 Å². The first kappa shape index (κ1) is 13.6. The van der Waals surface area contributed by atoms with Crippen LogP contribution >= 0.6 is 15.9 Å². The van der Waals surface area contributed by atoms with Crippen molar-refractivity contribution >= 4 is 33.6 Å². The number of carbonyl (C=O) groups excluding carboxylic acids is 2. The Bertz CT molecular complexity index is 549. The quantitative estimate of drug-likeness (QED) is 0.371. The van der Waals surface area contributed by atoms with Gasteiger partial charge in [-0.15, -0.1) is 0 Å². The summed E-state index contributed by atoms with van der Waals surface area (Å²) in [7, 11) is 0. The summed E-state index contributed by atoms with van der Waals surface area (Å²) in [5.74, 6) is -3.58. The van der Waals surface area contributed by atoms with Crippen molar-refractivity contribution < 1.29 is 24.2 Å². The van der Waals surface area contributed by atoms with Gasteiger partial charge < -0.3 is 14.6 Å². The van der Waals surface area contributed by atoms with Gasteiger partial charge in [0.1, 0.15) is 5.76 Å². The zero-order chi connectivity index (χ0) is 14.2. The summed E-state index contributed by atoms with van der Waals surface area (Å²) in [6.45, 7) is 2.88. The van der Waals surface area contributed by atoms with E-state index >= 15 is 0 Å². The number of rotatable bonds is 1. The van der Waals surface area contributed by atoms with Gasteiger partial charge in [-0.3, -0.25) is 0 Å². The summed E-state index contributed by atoms with van der Waals surface area (Å²) < 4.78 is 10.6. The number of hydrogen-bond acceptors (Lipinski definition) is 5. The van der Waals surface area contributed by atoms with E-state index < -0.39 is 29.1 Å². The molecule has 0 radical (unpaired) electrons. The van der Waals surface area contributed by atoms with Gasteiger partial charge in [0, 0.05) is 23.9 Å². The van der Waals surface area contributed by atoms with Crippen molar-refractivity contribution in [1.29, 1.82) is 0 Å². The van der Waals surface area contributed by atoms with Crippen LogP contribution in [-0.4, -0.2) is 22.8 Å². The normalized spacial score (nSPS) is 17.7. The smallest absolute Gasteiger partial charge is 0.352 e. The summed E-state index contributed by atoms with van der Waals surface area (Å²) in [6, 6.07) is 6.48. The second-order valence-corrected chi connectivity index (χ2v) is 5.33. The first-order valence-electron chi connectivity index (χ1n) is 5.46. The van der Waals surface area contributed by atoms with Crippen LogP contribution in [-0.2, 0) is 19.1 Å². The first-order chi connectivity index (χ1) is 8.80. The van der Waals surface area contributed by atoms with Gasteiger partial charge in [-0.1, -0.05) is 28.1 Å². The van der Waals surface area contributed by atoms with Crippen molar-refractivity contribution in [2.24, 2.45) is 0 Å². The van der Waals surface area contributed by atoms with Crippen molar-refractivity contribution in [2.45, 2.75) is 19.6 Å². The lowest BCUT2D eigenvalue weighted by Gasteiger charge is -2.30. The third-order valence-corrected chi connectivity index (χ3v) is 2.97. The summed E-state index contributed by atoms with van der Waals surface area (Å²) in [5.41, 5.74) is -0.173. The van der Waals surface area contributed by atoms with Crippen molar-refractivity contribution in [2.75, 3.05) is 0 Å². The molecule has 1 fully saturated rings. The zero-order valence-corrected chi connectivity index (χ0v) is 11.9. The highest BCUT2D eigenvalue weighted by molar-refractivity contribution is 9.10. The molecule has 0 aromatic heterocycles. The zero-order valence-electron chi connectivity index (χ0n) is 10.3. The minimum atomic E-state index is -1.32. The van der Waals surface area contributed by atoms with E-state index in [-0.39, 0.29) is 0 Å². The van der Waals surface area contributed by atoms with Crippen molar-refractivity contribution in [3.63, 3.8) is 0 Å². The number of benzene rings is 1. The van der Waals surface area contributed by atoms with Crippen molar-refractivity contribution in [3.05, 3.63) is 39.9 Å². The molecule has 1 aliphatic rings. The lowest BCUT2D eigenvalue weighted by molar-refractivity contribution is -0.222. The van der Waals surface area contributed by atoms with E-state index in [1.54, 1.807) is 24.3 Å². The lowest BCUT2D eigenvalue weighted by Crippen LogP contribution is -2.42. The maximum Gasteiger partial charge on any atom is 0.352 e.